The first-order valence-electron chi connectivity index (χ1n) is 11.4. The molecule has 8 heteroatoms. The average molecular weight is 460 g/mol. The maximum Gasteiger partial charge on any atom is 0.227 e. The molecule has 2 aromatic carbocycles. The van der Waals surface area contributed by atoms with Gasteiger partial charge >= 0.3 is 0 Å². The molecule has 174 valence electrons. The van der Waals surface area contributed by atoms with Crippen molar-refractivity contribution in [3.05, 3.63) is 84.5 Å². The van der Waals surface area contributed by atoms with Gasteiger partial charge in [-0.1, -0.05) is 18.2 Å². The van der Waals surface area contributed by atoms with E-state index in [0.717, 1.165) is 37.2 Å². The summed E-state index contributed by atoms with van der Waals surface area (Å²) in [5.74, 6) is 0.734. The molecule has 1 aliphatic rings. The number of aromatic nitrogens is 3. The highest BCUT2D eigenvalue weighted by atomic mass is 19.1. The molecular formula is C26H26FN5O2. The predicted octanol–water partition coefficient (Wildman–Crippen LogP) is 4.83. The maximum absolute atomic E-state index is 14.6. The van der Waals surface area contributed by atoms with Crippen molar-refractivity contribution in [2.75, 3.05) is 18.4 Å². The van der Waals surface area contributed by atoms with Gasteiger partial charge in [-0.15, -0.1) is 0 Å². The van der Waals surface area contributed by atoms with E-state index in [1.54, 1.807) is 35.4 Å². The van der Waals surface area contributed by atoms with Crippen LogP contribution in [-0.4, -0.2) is 38.4 Å². The Morgan fingerprint density at radius 2 is 1.97 bits per heavy atom. The van der Waals surface area contributed by atoms with Gasteiger partial charge < -0.3 is 14.3 Å². The minimum Gasteiger partial charge on any atom is -0.444 e. The van der Waals surface area contributed by atoms with E-state index in [9.17, 15) is 9.18 Å². The molecule has 0 saturated carbocycles. The number of amides is 1. The Balaban J connectivity index is 1.14. The van der Waals surface area contributed by atoms with Crippen LogP contribution >= 0.6 is 0 Å². The Labute approximate surface area is 197 Å². The highest BCUT2D eigenvalue weighted by molar-refractivity contribution is 5.92. The molecule has 0 spiro atoms. The average Bonchev–Trinajstić information content (AvgIpc) is 3.49. The van der Waals surface area contributed by atoms with Crippen LogP contribution in [0.5, 0.6) is 0 Å². The molecule has 7 nitrogen and oxygen atoms in total. The zero-order chi connectivity index (χ0) is 23.5. The first kappa shape index (κ1) is 22.0. The maximum atomic E-state index is 14.6. The van der Waals surface area contributed by atoms with Crippen LogP contribution in [0.4, 0.5) is 10.1 Å². The van der Waals surface area contributed by atoms with Crippen LogP contribution in [0.25, 0.3) is 17.1 Å². The molecular weight excluding hydrogens is 433 g/mol. The lowest BCUT2D eigenvalue weighted by Crippen LogP contribution is -2.37. The zero-order valence-electron chi connectivity index (χ0n) is 18.9. The van der Waals surface area contributed by atoms with Gasteiger partial charge in [0, 0.05) is 36.1 Å². The van der Waals surface area contributed by atoms with Crippen LogP contribution in [-0.2, 0) is 11.3 Å². The Hall–Kier alpha value is -3.78. The Bertz CT molecular complexity index is 1280. The molecule has 1 aliphatic heterocycles. The van der Waals surface area contributed by atoms with Gasteiger partial charge in [-0.25, -0.2) is 14.4 Å². The number of likely N-dealkylation sites (tertiary alicyclic amines) is 1. The van der Waals surface area contributed by atoms with E-state index in [0.29, 0.717) is 29.6 Å². The van der Waals surface area contributed by atoms with Crippen LogP contribution in [0.15, 0.2) is 71.6 Å². The molecule has 3 heterocycles. The quantitative estimate of drug-likeness (QED) is 0.447. The van der Waals surface area contributed by atoms with Gasteiger partial charge in [0.05, 0.1) is 11.4 Å². The summed E-state index contributed by atoms with van der Waals surface area (Å²) in [7, 11) is 0. The monoisotopic (exact) mass is 459 g/mol. The van der Waals surface area contributed by atoms with Crippen molar-refractivity contribution in [1.82, 2.24) is 19.4 Å². The summed E-state index contributed by atoms with van der Waals surface area (Å²) in [5.41, 5.74) is 2.70. The molecule has 1 amide bonds. The smallest absolute Gasteiger partial charge is 0.227 e. The molecule has 0 aliphatic carbocycles. The molecule has 0 unspecified atom stereocenters. The van der Waals surface area contributed by atoms with Crippen LogP contribution in [0, 0.1) is 18.7 Å². The Morgan fingerprint density at radius 3 is 2.68 bits per heavy atom. The second-order valence-corrected chi connectivity index (χ2v) is 8.56. The molecule has 5 rings (SSSR count). The van der Waals surface area contributed by atoms with Crippen molar-refractivity contribution in [3.63, 3.8) is 0 Å². The van der Waals surface area contributed by atoms with Gasteiger partial charge in [0.2, 0.25) is 11.8 Å². The standard InChI is InChI=1S/C26H26FN5O2/c1-18-28-11-14-32(18)24-8-7-21(15-23(24)27)29-25(33)19-9-12-31(13-10-19)16-22-17-34-26(30-22)20-5-3-2-4-6-20/h2-8,11,14-15,17,19H,9-10,12-13,16H2,1H3,(H,29,33). The highest BCUT2D eigenvalue weighted by Crippen LogP contribution is 2.24. The number of carbonyl (C=O) groups is 1. The summed E-state index contributed by atoms with van der Waals surface area (Å²) in [4.78, 5) is 23.8. The second kappa shape index (κ2) is 9.61. The molecule has 0 radical (unpaired) electrons. The first-order chi connectivity index (χ1) is 16.6. The number of benzene rings is 2. The number of nitrogens with zero attached hydrogens (tertiary/aromatic N) is 4. The van der Waals surface area contributed by atoms with Crippen molar-refractivity contribution in [2.24, 2.45) is 5.92 Å². The normalized spacial score (nSPS) is 14.9. The van der Waals surface area contributed by atoms with Gasteiger partial charge in [-0.2, -0.15) is 0 Å². The third kappa shape index (κ3) is 4.77. The topological polar surface area (TPSA) is 76.2 Å². The van der Waals surface area contributed by atoms with Crippen LogP contribution in [0.1, 0.15) is 24.4 Å². The number of rotatable bonds is 6. The molecule has 1 N–H and O–H groups in total. The number of imidazole rings is 1. The zero-order valence-corrected chi connectivity index (χ0v) is 18.9. The molecule has 1 fully saturated rings. The number of piperidine rings is 1. The molecule has 4 aromatic rings. The van der Waals surface area contributed by atoms with Gasteiger partial charge in [-0.3, -0.25) is 9.69 Å². The van der Waals surface area contributed by atoms with E-state index in [1.165, 1.54) is 6.07 Å². The molecule has 0 atom stereocenters. The van der Waals surface area contributed by atoms with Crippen molar-refractivity contribution in [3.8, 4) is 17.1 Å². The van der Waals surface area contributed by atoms with Crippen LogP contribution in [0.3, 0.4) is 0 Å². The number of aryl methyl sites for hydroxylation is 1. The summed E-state index contributed by atoms with van der Waals surface area (Å²) in [5, 5.41) is 2.88. The number of nitrogens with one attached hydrogen (secondary N) is 1. The van der Waals surface area contributed by atoms with Gasteiger partial charge in [0.25, 0.3) is 0 Å². The van der Waals surface area contributed by atoms with E-state index < -0.39 is 5.82 Å². The summed E-state index contributed by atoms with van der Waals surface area (Å²) >= 11 is 0. The molecule has 0 bridgehead atoms. The molecule has 1 saturated heterocycles. The fraction of sp³-hybridized carbons (Fsp3) is 0.269. The number of hydrogen-bond donors (Lipinski definition) is 1. The third-order valence-electron chi connectivity index (χ3n) is 6.22. The minimum atomic E-state index is -0.406. The number of carbonyl (C=O) groups excluding carboxylic acids is 1. The fourth-order valence-corrected chi connectivity index (χ4v) is 4.33. The van der Waals surface area contributed by atoms with E-state index >= 15 is 0 Å². The highest BCUT2D eigenvalue weighted by Gasteiger charge is 2.26. The summed E-state index contributed by atoms with van der Waals surface area (Å²) in [6, 6.07) is 14.6. The van der Waals surface area contributed by atoms with E-state index in [-0.39, 0.29) is 11.8 Å². The number of halogens is 1. The number of anilines is 1. The minimum absolute atomic E-state index is 0.0709. The largest absolute Gasteiger partial charge is 0.444 e. The van der Waals surface area contributed by atoms with Crippen molar-refractivity contribution < 1.29 is 13.6 Å². The first-order valence-corrected chi connectivity index (χ1v) is 11.4. The Kier molecular flexibility index (Phi) is 6.22. The van der Waals surface area contributed by atoms with Crippen molar-refractivity contribution in [1.29, 1.82) is 0 Å². The second-order valence-electron chi connectivity index (χ2n) is 8.56. The van der Waals surface area contributed by atoms with Crippen molar-refractivity contribution >= 4 is 11.6 Å². The third-order valence-corrected chi connectivity index (χ3v) is 6.22. The molecule has 2 aromatic heterocycles. The van der Waals surface area contributed by atoms with Gasteiger partial charge in [0.1, 0.15) is 17.9 Å². The van der Waals surface area contributed by atoms with E-state index in [1.807, 2.05) is 37.3 Å². The lowest BCUT2D eigenvalue weighted by Gasteiger charge is -2.30. The summed E-state index contributed by atoms with van der Waals surface area (Å²) < 4.78 is 21.9. The van der Waals surface area contributed by atoms with Crippen molar-refractivity contribution in [2.45, 2.75) is 26.3 Å². The summed E-state index contributed by atoms with van der Waals surface area (Å²) in [6.45, 7) is 4.08. The van der Waals surface area contributed by atoms with Gasteiger partial charge in [0.15, 0.2) is 0 Å². The SMILES string of the molecule is Cc1nccn1-c1ccc(NC(=O)C2CCN(Cc3coc(-c4ccccc4)n3)CC2)cc1F. The lowest BCUT2D eigenvalue weighted by atomic mass is 9.95. The van der Waals surface area contributed by atoms with E-state index in [2.05, 4.69) is 20.2 Å². The lowest BCUT2D eigenvalue weighted by molar-refractivity contribution is -0.121. The number of oxazole rings is 1. The molecule has 34 heavy (non-hydrogen) atoms. The van der Waals surface area contributed by atoms with Crippen LogP contribution in [0.2, 0.25) is 0 Å². The number of hydrogen-bond acceptors (Lipinski definition) is 5. The van der Waals surface area contributed by atoms with E-state index in [4.69, 9.17) is 4.42 Å². The predicted molar refractivity (Wildman–Crippen MR) is 127 cm³/mol. The Morgan fingerprint density at radius 1 is 1.18 bits per heavy atom. The van der Waals surface area contributed by atoms with Gasteiger partial charge in [-0.05, 0) is 63.2 Å². The van der Waals surface area contributed by atoms with Crippen LogP contribution < -0.4 is 5.32 Å². The summed E-state index contributed by atoms with van der Waals surface area (Å²) in [6.07, 6.45) is 6.52. The fourth-order valence-electron chi connectivity index (χ4n) is 4.33.